The van der Waals surface area contributed by atoms with Crippen LogP contribution < -0.4 is 4.74 Å². The molecule has 0 amide bonds. The maximum atomic E-state index is 9.64. The highest BCUT2D eigenvalue weighted by atomic mass is 16.5. The predicted octanol–water partition coefficient (Wildman–Crippen LogP) is 2.65. The van der Waals surface area contributed by atoms with Crippen LogP contribution in [0.2, 0.25) is 0 Å². The fourth-order valence-corrected chi connectivity index (χ4v) is 1.77. The van der Waals surface area contributed by atoms with Gasteiger partial charge in [-0.1, -0.05) is 30.3 Å². The summed E-state index contributed by atoms with van der Waals surface area (Å²) >= 11 is 0. The number of aryl methyl sites for hydroxylation is 1. The molecular weight excluding hydrogens is 244 g/mol. The first-order valence-electron chi connectivity index (χ1n) is 6.42. The van der Waals surface area contributed by atoms with Gasteiger partial charge in [-0.15, -0.1) is 0 Å². The van der Waals surface area contributed by atoms with Crippen LogP contribution in [0.5, 0.6) is 5.75 Å². The third kappa shape index (κ3) is 3.54. The molecule has 0 fully saturated rings. The van der Waals surface area contributed by atoms with E-state index in [2.05, 4.69) is 17.1 Å². The Hall–Kier alpha value is -1.88. The topological polar surface area (TPSA) is 68.4 Å². The molecule has 2 rings (SSSR count). The molecule has 1 atom stereocenters. The molecule has 0 aliphatic rings. The third-order valence-electron chi connectivity index (χ3n) is 2.70. The molecule has 0 aliphatic heterocycles. The summed E-state index contributed by atoms with van der Waals surface area (Å²) in [4.78, 5) is 4.22. The largest absolute Gasteiger partial charge is 0.483 e. The third-order valence-corrected chi connectivity index (χ3v) is 2.70. The van der Waals surface area contributed by atoms with E-state index in [4.69, 9.17) is 9.26 Å². The van der Waals surface area contributed by atoms with Crippen molar-refractivity contribution in [3.8, 4) is 5.75 Å². The number of hydrogen-bond acceptors (Lipinski definition) is 5. The molecule has 0 saturated heterocycles. The maximum Gasteiger partial charge on any atom is 0.264 e. The Bertz CT molecular complexity index is 523. The predicted molar refractivity (Wildman–Crippen MR) is 69.7 cm³/mol. The van der Waals surface area contributed by atoms with Gasteiger partial charge in [-0.25, -0.2) is 0 Å². The van der Waals surface area contributed by atoms with E-state index >= 15 is 0 Å². The lowest BCUT2D eigenvalue weighted by Crippen LogP contribution is -2.01. The van der Waals surface area contributed by atoms with E-state index in [9.17, 15) is 5.11 Å². The summed E-state index contributed by atoms with van der Waals surface area (Å²) in [6.07, 6.45) is 1.20. The van der Waals surface area contributed by atoms with E-state index in [0.29, 0.717) is 17.5 Å². The summed E-state index contributed by atoms with van der Waals surface area (Å²) in [5, 5.41) is 13.5. The van der Waals surface area contributed by atoms with Crippen LogP contribution in [0.1, 0.15) is 43.7 Å². The molecule has 0 saturated carbocycles. The molecular formula is C14H18N2O3. The van der Waals surface area contributed by atoms with Gasteiger partial charge in [-0.3, -0.25) is 0 Å². The fraction of sp³-hybridized carbons (Fsp3) is 0.429. The Balaban J connectivity index is 2.01. The van der Waals surface area contributed by atoms with Crippen molar-refractivity contribution in [1.82, 2.24) is 10.1 Å². The quantitative estimate of drug-likeness (QED) is 0.866. The van der Waals surface area contributed by atoms with Gasteiger partial charge in [-0.2, -0.15) is 4.98 Å². The number of aliphatic hydroxyl groups is 1. The van der Waals surface area contributed by atoms with Crippen molar-refractivity contribution >= 4 is 0 Å². The average molecular weight is 262 g/mol. The smallest absolute Gasteiger partial charge is 0.264 e. The number of aliphatic hydroxyl groups excluding tert-OH is 1. The van der Waals surface area contributed by atoms with Crippen LogP contribution in [0.15, 0.2) is 28.8 Å². The van der Waals surface area contributed by atoms with E-state index in [1.165, 1.54) is 0 Å². The van der Waals surface area contributed by atoms with Crippen LogP contribution in [0, 0.1) is 0 Å². The summed E-state index contributed by atoms with van der Waals surface area (Å²) in [7, 11) is 0. The fourth-order valence-electron chi connectivity index (χ4n) is 1.77. The van der Waals surface area contributed by atoms with Crippen molar-refractivity contribution in [1.29, 1.82) is 0 Å². The van der Waals surface area contributed by atoms with Gasteiger partial charge < -0.3 is 14.4 Å². The van der Waals surface area contributed by atoms with Gasteiger partial charge in [0.1, 0.15) is 5.75 Å². The van der Waals surface area contributed by atoms with Gasteiger partial charge in [0.2, 0.25) is 0 Å². The van der Waals surface area contributed by atoms with Crippen LogP contribution >= 0.6 is 0 Å². The lowest BCUT2D eigenvalue weighted by molar-refractivity contribution is 0.185. The summed E-state index contributed by atoms with van der Waals surface area (Å²) in [5.74, 6) is 1.78. The maximum absolute atomic E-state index is 9.64. The Kier molecular flexibility index (Phi) is 4.52. The molecule has 19 heavy (non-hydrogen) atoms. The highest BCUT2D eigenvalue weighted by molar-refractivity contribution is 5.34. The second kappa shape index (κ2) is 6.33. The van der Waals surface area contributed by atoms with Crippen LogP contribution in [0.3, 0.4) is 0 Å². The summed E-state index contributed by atoms with van der Waals surface area (Å²) in [6.45, 7) is 3.97. The summed E-state index contributed by atoms with van der Waals surface area (Å²) in [5.41, 5.74) is 0.746. The van der Waals surface area contributed by atoms with Crippen molar-refractivity contribution in [3.05, 3.63) is 41.5 Å². The van der Waals surface area contributed by atoms with Gasteiger partial charge in [0, 0.05) is 12.0 Å². The Morgan fingerprint density at radius 1 is 1.37 bits per heavy atom. The molecule has 1 aromatic carbocycles. The monoisotopic (exact) mass is 262 g/mol. The number of rotatable bonds is 6. The van der Waals surface area contributed by atoms with Crippen LogP contribution in [0.4, 0.5) is 0 Å². The van der Waals surface area contributed by atoms with E-state index in [0.717, 1.165) is 18.4 Å². The molecule has 1 N–H and O–H groups in total. The van der Waals surface area contributed by atoms with Crippen molar-refractivity contribution in [2.24, 2.45) is 0 Å². The Labute approximate surface area is 112 Å². The minimum Gasteiger partial charge on any atom is -0.483 e. The molecule has 0 spiro atoms. The van der Waals surface area contributed by atoms with Gasteiger partial charge in [-0.05, 0) is 19.4 Å². The molecule has 5 heteroatoms. The Morgan fingerprint density at radius 2 is 2.16 bits per heavy atom. The average Bonchev–Trinajstić information content (AvgIpc) is 2.85. The van der Waals surface area contributed by atoms with E-state index in [1.807, 2.05) is 24.3 Å². The van der Waals surface area contributed by atoms with Gasteiger partial charge in [0.25, 0.3) is 5.89 Å². The molecule has 0 bridgehead atoms. The van der Waals surface area contributed by atoms with Crippen molar-refractivity contribution in [2.45, 2.75) is 39.4 Å². The molecule has 5 nitrogen and oxygen atoms in total. The molecule has 102 valence electrons. The number of nitrogens with zero attached hydrogens (tertiary/aromatic N) is 2. The van der Waals surface area contributed by atoms with Crippen LogP contribution in [0.25, 0.3) is 0 Å². The first-order chi connectivity index (χ1) is 9.20. The molecule has 0 aliphatic carbocycles. The van der Waals surface area contributed by atoms with E-state index in [1.54, 1.807) is 6.92 Å². The molecule has 1 aromatic heterocycles. The van der Waals surface area contributed by atoms with Gasteiger partial charge in [0.05, 0.1) is 6.10 Å². The van der Waals surface area contributed by atoms with Crippen molar-refractivity contribution in [3.63, 3.8) is 0 Å². The lowest BCUT2D eigenvalue weighted by atomic mass is 10.1. The van der Waals surface area contributed by atoms with Crippen LogP contribution in [-0.4, -0.2) is 15.2 Å². The van der Waals surface area contributed by atoms with Crippen LogP contribution in [-0.2, 0) is 13.0 Å². The summed E-state index contributed by atoms with van der Waals surface area (Å²) in [6, 6.07) is 7.36. The molecule has 2 aromatic rings. The SMILES string of the molecule is CCCc1noc(COc2ccccc2[C@H](C)O)n1. The second-order valence-electron chi connectivity index (χ2n) is 4.36. The molecule has 0 unspecified atom stereocenters. The minimum atomic E-state index is -0.575. The first kappa shape index (κ1) is 13.5. The summed E-state index contributed by atoms with van der Waals surface area (Å²) < 4.78 is 10.7. The number of hydrogen-bond donors (Lipinski definition) is 1. The van der Waals surface area contributed by atoms with Crippen molar-refractivity contribution < 1.29 is 14.4 Å². The highest BCUT2D eigenvalue weighted by Gasteiger charge is 2.10. The van der Waals surface area contributed by atoms with E-state index < -0.39 is 6.10 Å². The van der Waals surface area contributed by atoms with Crippen molar-refractivity contribution in [2.75, 3.05) is 0 Å². The first-order valence-corrected chi connectivity index (χ1v) is 6.42. The van der Waals surface area contributed by atoms with Gasteiger partial charge >= 0.3 is 0 Å². The number of ether oxygens (including phenoxy) is 1. The second-order valence-corrected chi connectivity index (χ2v) is 4.36. The number of aromatic nitrogens is 2. The zero-order valence-electron chi connectivity index (χ0n) is 11.2. The normalized spacial score (nSPS) is 12.4. The zero-order valence-corrected chi connectivity index (χ0v) is 11.2. The lowest BCUT2D eigenvalue weighted by Gasteiger charge is -2.11. The molecule has 1 heterocycles. The zero-order chi connectivity index (χ0) is 13.7. The Morgan fingerprint density at radius 3 is 2.89 bits per heavy atom. The number of benzene rings is 1. The highest BCUT2D eigenvalue weighted by Crippen LogP contribution is 2.25. The van der Waals surface area contributed by atoms with Gasteiger partial charge in [0.15, 0.2) is 12.4 Å². The van der Waals surface area contributed by atoms with E-state index in [-0.39, 0.29) is 6.61 Å². The number of para-hydroxylation sites is 1. The molecule has 0 radical (unpaired) electrons. The standard InChI is InChI=1S/C14H18N2O3/c1-3-6-13-15-14(19-16-13)9-18-12-8-5-4-7-11(12)10(2)17/h4-5,7-8,10,17H,3,6,9H2,1-2H3/t10-/m0/s1. The minimum absolute atomic E-state index is 0.209.